The Hall–Kier alpha value is -0.820. The number of nitrogens with one attached hydrogen (secondary N) is 1. The second kappa shape index (κ2) is 4.21. The molecule has 0 aromatic rings. The number of hydrogen-bond donors (Lipinski definition) is 2. The molecule has 1 fully saturated rings. The zero-order valence-electron chi connectivity index (χ0n) is 9.69. The highest BCUT2D eigenvalue weighted by Gasteiger charge is 2.36. The Balaban J connectivity index is 2.53. The number of carbonyl (C=O) groups excluding carboxylic acids is 1. The third-order valence-electron chi connectivity index (χ3n) is 2.10. The van der Waals surface area contributed by atoms with Crippen molar-refractivity contribution in [2.45, 2.75) is 38.5 Å². The Labute approximate surface area is 95.4 Å². The van der Waals surface area contributed by atoms with Gasteiger partial charge in [0.05, 0.1) is 17.5 Å². The molecule has 1 saturated heterocycles. The van der Waals surface area contributed by atoms with Crippen LogP contribution in [0.15, 0.2) is 0 Å². The standard InChI is InChI=1S/C9H18N2O4S/c1-9(2,3)15-8(12)11-7-5-16(13,14)4-6(7)10/h6-7H,4-5,10H2,1-3H3,(H,11,12). The Morgan fingerprint density at radius 2 is 1.94 bits per heavy atom. The van der Waals surface area contributed by atoms with Crippen LogP contribution < -0.4 is 11.1 Å². The highest BCUT2D eigenvalue weighted by atomic mass is 32.2. The van der Waals surface area contributed by atoms with Crippen molar-refractivity contribution in [3.8, 4) is 0 Å². The van der Waals surface area contributed by atoms with Gasteiger partial charge >= 0.3 is 6.09 Å². The van der Waals surface area contributed by atoms with Gasteiger partial charge < -0.3 is 15.8 Å². The van der Waals surface area contributed by atoms with Gasteiger partial charge in [-0.25, -0.2) is 13.2 Å². The molecule has 16 heavy (non-hydrogen) atoms. The van der Waals surface area contributed by atoms with E-state index < -0.39 is 33.6 Å². The minimum absolute atomic E-state index is 0.0898. The fraction of sp³-hybridized carbons (Fsp3) is 0.889. The van der Waals surface area contributed by atoms with Crippen LogP contribution in [0.2, 0.25) is 0 Å². The van der Waals surface area contributed by atoms with Gasteiger partial charge in [-0.05, 0) is 20.8 Å². The summed E-state index contributed by atoms with van der Waals surface area (Å²) in [6, 6.07) is -1.11. The molecule has 1 amide bonds. The van der Waals surface area contributed by atoms with E-state index in [-0.39, 0.29) is 11.5 Å². The van der Waals surface area contributed by atoms with E-state index in [2.05, 4.69) is 5.32 Å². The summed E-state index contributed by atoms with van der Waals surface area (Å²) < 4.78 is 27.5. The molecule has 1 heterocycles. The minimum Gasteiger partial charge on any atom is -0.444 e. The Kier molecular flexibility index (Phi) is 3.49. The number of ether oxygens (including phenoxy) is 1. The monoisotopic (exact) mass is 250 g/mol. The summed E-state index contributed by atoms with van der Waals surface area (Å²) in [5, 5.41) is 2.48. The van der Waals surface area contributed by atoms with Crippen LogP contribution in [0.1, 0.15) is 20.8 Å². The van der Waals surface area contributed by atoms with E-state index in [1.54, 1.807) is 20.8 Å². The van der Waals surface area contributed by atoms with Crippen molar-refractivity contribution < 1.29 is 17.9 Å². The number of nitrogens with two attached hydrogens (primary N) is 1. The second-order valence-corrected chi connectivity index (χ2v) is 7.15. The van der Waals surface area contributed by atoms with Gasteiger partial charge in [0.1, 0.15) is 5.60 Å². The smallest absolute Gasteiger partial charge is 0.407 e. The van der Waals surface area contributed by atoms with Crippen LogP contribution in [0, 0.1) is 0 Å². The SMILES string of the molecule is CC(C)(C)OC(=O)NC1CS(=O)(=O)CC1N. The van der Waals surface area contributed by atoms with E-state index in [1.165, 1.54) is 0 Å². The summed E-state index contributed by atoms with van der Waals surface area (Å²) in [6.45, 7) is 5.20. The summed E-state index contributed by atoms with van der Waals surface area (Å²) >= 11 is 0. The molecular weight excluding hydrogens is 232 g/mol. The van der Waals surface area contributed by atoms with Gasteiger partial charge in [-0.3, -0.25) is 0 Å². The molecule has 0 aromatic carbocycles. The molecule has 1 aliphatic rings. The zero-order valence-corrected chi connectivity index (χ0v) is 10.5. The predicted molar refractivity (Wildman–Crippen MR) is 59.8 cm³/mol. The molecule has 0 radical (unpaired) electrons. The lowest BCUT2D eigenvalue weighted by molar-refractivity contribution is 0.0506. The van der Waals surface area contributed by atoms with Crippen molar-refractivity contribution in [1.29, 1.82) is 0 Å². The number of rotatable bonds is 1. The molecule has 0 bridgehead atoms. The fourth-order valence-corrected chi connectivity index (χ4v) is 3.31. The van der Waals surface area contributed by atoms with Crippen molar-refractivity contribution in [3.05, 3.63) is 0 Å². The van der Waals surface area contributed by atoms with Gasteiger partial charge in [-0.1, -0.05) is 0 Å². The first-order valence-corrected chi connectivity index (χ1v) is 6.87. The van der Waals surface area contributed by atoms with Crippen LogP contribution in [-0.4, -0.2) is 43.7 Å². The minimum atomic E-state index is -3.13. The lowest BCUT2D eigenvalue weighted by atomic mass is 10.2. The summed E-state index contributed by atoms with van der Waals surface area (Å²) in [7, 11) is -3.13. The molecule has 1 aliphatic heterocycles. The van der Waals surface area contributed by atoms with Crippen LogP contribution in [0.5, 0.6) is 0 Å². The number of amides is 1. The molecule has 6 nitrogen and oxygen atoms in total. The molecule has 2 atom stereocenters. The topological polar surface area (TPSA) is 98.5 Å². The molecule has 3 N–H and O–H groups in total. The van der Waals surface area contributed by atoms with Crippen molar-refractivity contribution in [1.82, 2.24) is 5.32 Å². The first-order valence-electron chi connectivity index (χ1n) is 5.04. The predicted octanol–water partition coefficient (Wildman–Crippen LogP) is -0.365. The van der Waals surface area contributed by atoms with Gasteiger partial charge in [0.2, 0.25) is 0 Å². The molecule has 2 unspecified atom stereocenters. The zero-order chi connectivity index (χ0) is 12.6. The van der Waals surface area contributed by atoms with Crippen LogP contribution >= 0.6 is 0 Å². The van der Waals surface area contributed by atoms with Crippen molar-refractivity contribution >= 4 is 15.9 Å². The highest BCUT2D eigenvalue weighted by molar-refractivity contribution is 7.91. The summed E-state index contributed by atoms with van der Waals surface area (Å²) in [5.74, 6) is -0.207. The molecule has 0 aliphatic carbocycles. The lowest BCUT2D eigenvalue weighted by Gasteiger charge is -2.22. The Morgan fingerprint density at radius 3 is 2.31 bits per heavy atom. The summed E-state index contributed by atoms with van der Waals surface area (Å²) in [5.41, 5.74) is 5.01. The summed E-state index contributed by atoms with van der Waals surface area (Å²) in [4.78, 5) is 11.4. The Bertz CT molecular complexity index is 371. The van der Waals surface area contributed by atoms with E-state index in [0.29, 0.717) is 0 Å². The molecule has 94 valence electrons. The first-order chi connectivity index (χ1) is 7.09. The normalized spacial score (nSPS) is 28.8. The average molecular weight is 250 g/mol. The third-order valence-corrected chi connectivity index (χ3v) is 3.86. The van der Waals surface area contributed by atoms with Gasteiger partial charge in [0.25, 0.3) is 0 Å². The fourth-order valence-electron chi connectivity index (χ4n) is 1.48. The van der Waals surface area contributed by atoms with E-state index in [4.69, 9.17) is 10.5 Å². The molecule has 1 rings (SSSR count). The third kappa shape index (κ3) is 3.97. The van der Waals surface area contributed by atoms with Gasteiger partial charge in [0, 0.05) is 6.04 Å². The Morgan fingerprint density at radius 1 is 1.38 bits per heavy atom. The quantitative estimate of drug-likeness (QED) is 0.662. The van der Waals surface area contributed by atoms with Crippen LogP contribution in [0.3, 0.4) is 0 Å². The maximum absolute atomic E-state index is 11.4. The van der Waals surface area contributed by atoms with Gasteiger partial charge in [0.15, 0.2) is 9.84 Å². The second-order valence-electron chi connectivity index (χ2n) is 4.99. The highest BCUT2D eigenvalue weighted by Crippen LogP contribution is 2.12. The van der Waals surface area contributed by atoms with Gasteiger partial charge in [-0.15, -0.1) is 0 Å². The van der Waals surface area contributed by atoms with E-state index in [9.17, 15) is 13.2 Å². The van der Waals surface area contributed by atoms with Crippen molar-refractivity contribution in [2.75, 3.05) is 11.5 Å². The van der Waals surface area contributed by atoms with E-state index in [0.717, 1.165) is 0 Å². The van der Waals surface area contributed by atoms with Crippen LogP contribution in [-0.2, 0) is 14.6 Å². The van der Waals surface area contributed by atoms with Crippen molar-refractivity contribution in [2.24, 2.45) is 5.73 Å². The number of alkyl carbamates (subject to hydrolysis) is 1. The first kappa shape index (κ1) is 13.2. The molecule has 0 spiro atoms. The lowest BCUT2D eigenvalue weighted by Crippen LogP contribution is -2.48. The number of carbonyl (C=O) groups is 1. The average Bonchev–Trinajstić information content (AvgIpc) is 2.19. The van der Waals surface area contributed by atoms with E-state index >= 15 is 0 Å². The van der Waals surface area contributed by atoms with Crippen LogP contribution in [0.25, 0.3) is 0 Å². The van der Waals surface area contributed by atoms with Crippen molar-refractivity contribution in [3.63, 3.8) is 0 Å². The maximum atomic E-state index is 11.4. The van der Waals surface area contributed by atoms with Crippen LogP contribution in [0.4, 0.5) is 4.79 Å². The molecule has 0 aromatic heterocycles. The number of hydrogen-bond acceptors (Lipinski definition) is 5. The molecule has 0 saturated carbocycles. The molecular formula is C9H18N2O4S. The van der Waals surface area contributed by atoms with Gasteiger partial charge in [-0.2, -0.15) is 0 Å². The maximum Gasteiger partial charge on any atom is 0.407 e. The summed E-state index contributed by atoms with van der Waals surface area (Å²) in [6.07, 6.45) is -0.634. The molecule has 7 heteroatoms. The largest absolute Gasteiger partial charge is 0.444 e. The number of sulfone groups is 1. The van der Waals surface area contributed by atoms with E-state index in [1.807, 2.05) is 0 Å².